The van der Waals surface area contributed by atoms with E-state index in [1.165, 1.54) is 13.2 Å². The predicted molar refractivity (Wildman–Crippen MR) is 104 cm³/mol. The van der Waals surface area contributed by atoms with Crippen molar-refractivity contribution in [3.63, 3.8) is 0 Å². The highest BCUT2D eigenvalue weighted by Crippen LogP contribution is 2.29. The molecule has 0 spiro atoms. The minimum absolute atomic E-state index is 0.0552. The van der Waals surface area contributed by atoms with Crippen LogP contribution in [0.15, 0.2) is 41.4 Å². The van der Waals surface area contributed by atoms with E-state index >= 15 is 0 Å². The molecule has 0 radical (unpaired) electrons. The van der Waals surface area contributed by atoms with Gasteiger partial charge in [-0.2, -0.15) is 8.78 Å². The zero-order valence-electron chi connectivity index (χ0n) is 16.1. The molecule has 0 bridgehead atoms. The van der Waals surface area contributed by atoms with Gasteiger partial charge in [-0.25, -0.2) is 4.99 Å². The number of phenolic OH excluding ortho intramolecular Hbond substituents is 1. The number of aliphatic imine (C=N–C) groups is 1. The number of hydrogen-bond acceptors (Lipinski definition) is 4. The summed E-state index contributed by atoms with van der Waals surface area (Å²) in [6.45, 7) is 1.97. The number of rotatable bonds is 8. The Morgan fingerprint density at radius 3 is 2.61 bits per heavy atom. The van der Waals surface area contributed by atoms with Crippen LogP contribution in [0.5, 0.6) is 17.2 Å². The molecule has 0 aliphatic rings. The standard InChI is InChI=1S/C20H25F2N3O3/c1-4-23-20(24-11-14-6-5-7-17(27-3)18(14)26)25-12-15-10-13(2)8-9-16(15)28-19(21)22/h5-10,19,26H,4,11-12H2,1-3H3,(H2,23,24,25). The molecule has 0 atom stereocenters. The number of nitrogens with one attached hydrogen (secondary N) is 2. The van der Waals surface area contributed by atoms with Crippen molar-refractivity contribution in [1.82, 2.24) is 10.6 Å². The van der Waals surface area contributed by atoms with E-state index in [-0.39, 0.29) is 18.0 Å². The highest BCUT2D eigenvalue weighted by atomic mass is 19.3. The first-order valence-corrected chi connectivity index (χ1v) is 8.86. The van der Waals surface area contributed by atoms with Gasteiger partial charge in [0, 0.05) is 24.2 Å². The average Bonchev–Trinajstić information content (AvgIpc) is 2.66. The molecule has 6 nitrogen and oxygen atoms in total. The lowest BCUT2D eigenvalue weighted by molar-refractivity contribution is -0.0504. The van der Waals surface area contributed by atoms with Crippen LogP contribution in [0, 0.1) is 6.92 Å². The predicted octanol–water partition coefficient (Wildman–Crippen LogP) is 3.57. The topological polar surface area (TPSA) is 75.1 Å². The van der Waals surface area contributed by atoms with E-state index in [1.54, 1.807) is 30.3 Å². The monoisotopic (exact) mass is 393 g/mol. The Balaban J connectivity index is 2.14. The van der Waals surface area contributed by atoms with Gasteiger partial charge in [0.15, 0.2) is 17.5 Å². The Labute approximate surface area is 163 Å². The lowest BCUT2D eigenvalue weighted by atomic mass is 10.1. The van der Waals surface area contributed by atoms with Gasteiger partial charge in [0.1, 0.15) is 5.75 Å². The molecule has 0 saturated heterocycles. The number of ether oxygens (including phenoxy) is 2. The van der Waals surface area contributed by atoms with Gasteiger partial charge in [-0.05, 0) is 26.0 Å². The number of phenols is 1. The lowest BCUT2D eigenvalue weighted by Gasteiger charge is -2.14. The minimum Gasteiger partial charge on any atom is -0.504 e. The molecule has 8 heteroatoms. The Bertz CT molecular complexity index is 813. The highest BCUT2D eigenvalue weighted by molar-refractivity contribution is 5.79. The van der Waals surface area contributed by atoms with E-state index < -0.39 is 6.61 Å². The van der Waals surface area contributed by atoms with Crippen LogP contribution in [0.4, 0.5) is 8.78 Å². The second-order valence-electron chi connectivity index (χ2n) is 6.01. The molecular formula is C20H25F2N3O3. The van der Waals surface area contributed by atoms with Crippen molar-refractivity contribution < 1.29 is 23.4 Å². The van der Waals surface area contributed by atoms with Crippen molar-refractivity contribution in [1.29, 1.82) is 0 Å². The van der Waals surface area contributed by atoms with Crippen molar-refractivity contribution >= 4 is 5.96 Å². The molecule has 2 rings (SSSR count). The maximum absolute atomic E-state index is 12.6. The molecule has 0 unspecified atom stereocenters. The molecule has 0 fully saturated rings. The largest absolute Gasteiger partial charge is 0.504 e. The second-order valence-corrected chi connectivity index (χ2v) is 6.01. The summed E-state index contributed by atoms with van der Waals surface area (Å²) in [7, 11) is 1.48. The summed E-state index contributed by atoms with van der Waals surface area (Å²) in [5.74, 6) is 1.02. The van der Waals surface area contributed by atoms with E-state index in [9.17, 15) is 13.9 Å². The maximum Gasteiger partial charge on any atom is 0.387 e. The first kappa shape index (κ1) is 21.3. The highest BCUT2D eigenvalue weighted by Gasteiger charge is 2.11. The van der Waals surface area contributed by atoms with Gasteiger partial charge >= 0.3 is 6.61 Å². The number of alkyl halides is 2. The summed E-state index contributed by atoms with van der Waals surface area (Å²) >= 11 is 0. The third-order valence-corrected chi connectivity index (χ3v) is 3.93. The average molecular weight is 393 g/mol. The minimum atomic E-state index is -2.90. The second kappa shape index (κ2) is 10.3. The molecule has 2 aromatic carbocycles. The molecule has 0 aromatic heterocycles. The Morgan fingerprint density at radius 1 is 1.14 bits per heavy atom. The Hall–Kier alpha value is -3.03. The number of aromatic hydroxyl groups is 1. The van der Waals surface area contributed by atoms with E-state index in [0.717, 1.165) is 5.56 Å². The summed E-state index contributed by atoms with van der Waals surface area (Å²) in [6, 6.07) is 10.2. The van der Waals surface area contributed by atoms with Gasteiger partial charge in [-0.15, -0.1) is 0 Å². The quantitative estimate of drug-likeness (QED) is 0.472. The molecular weight excluding hydrogens is 368 g/mol. The number of aryl methyl sites for hydroxylation is 1. The zero-order valence-corrected chi connectivity index (χ0v) is 16.1. The number of guanidine groups is 1. The summed E-state index contributed by atoms with van der Waals surface area (Å²) in [5.41, 5.74) is 2.12. The van der Waals surface area contributed by atoms with Crippen LogP contribution >= 0.6 is 0 Å². The SMILES string of the molecule is CCNC(=NCc1cc(C)ccc1OC(F)F)NCc1cccc(OC)c1O. The first-order chi connectivity index (χ1) is 13.4. The van der Waals surface area contributed by atoms with Crippen LogP contribution < -0.4 is 20.1 Å². The number of para-hydroxylation sites is 1. The molecule has 28 heavy (non-hydrogen) atoms. The molecule has 2 aromatic rings. The zero-order chi connectivity index (χ0) is 20.5. The van der Waals surface area contributed by atoms with Crippen molar-refractivity contribution in [2.24, 2.45) is 4.99 Å². The van der Waals surface area contributed by atoms with Crippen molar-refractivity contribution in [3.8, 4) is 17.2 Å². The van der Waals surface area contributed by atoms with Gasteiger partial charge in [0.25, 0.3) is 0 Å². The molecule has 0 amide bonds. The van der Waals surface area contributed by atoms with Crippen LogP contribution in [0.1, 0.15) is 23.6 Å². The molecule has 0 heterocycles. The summed E-state index contributed by atoms with van der Waals surface area (Å²) in [5, 5.41) is 16.4. The van der Waals surface area contributed by atoms with Crippen LogP contribution in [-0.4, -0.2) is 31.3 Å². The van der Waals surface area contributed by atoms with Crippen molar-refractivity contribution in [3.05, 3.63) is 53.1 Å². The third-order valence-electron chi connectivity index (χ3n) is 3.93. The fraction of sp³-hybridized carbons (Fsp3) is 0.350. The van der Waals surface area contributed by atoms with Gasteiger partial charge in [0.05, 0.1) is 13.7 Å². The molecule has 152 valence electrons. The molecule has 3 N–H and O–H groups in total. The summed E-state index contributed by atoms with van der Waals surface area (Å²) in [4.78, 5) is 4.44. The van der Waals surface area contributed by atoms with Crippen LogP contribution in [0.3, 0.4) is 0 Å². The number of hydrogen-bond donors (Lipinski definition) is 3. The fourth-order valence-electron chi connectivity index (χ4n) is 2.60. The Kier molecular flexibility index (Phi) is 7.86. The van der Waals surface area contributed by atoms with Gasteiger partial charge in [-0.1, -0.05) is 29.8 Å². The van der Waals surface area contributed by atoms with Gasteiger partial charge < -0.3 is 25.2 Å². The maximum atomic E-state index is 12.6. The van der Waals surface area contributed by atoms with Crippen molar-refractivity contribution in [2.45, 2.75) is 33.5 Å². The van der Waals surface area contributed by atoms with Crippen molar-refractivity contribution in [2.75, 3.05) is 13.7 Å². The van der Waals surface area contributed by atoms with Gasteiger partial charge in [0.2, 0.25) is 0 Å². The number of nitrogens with zero attached hydrogens (tertiary/aromatic N) is 1. The van der Waals surface area contributed by atoms with Crippen LogP contribution in [0.25, 0.3) is 0 Å². The van der Waals surface area contributed by atoms with E-state index in [0.29, 0.717) is 35.9 Å². The van der Waals surface area contributed by atoms with Crippen LogP contribution in [-0.2, 0) is 13.1 Å². The Morgan fingerprint density at radius 2 is 1.93 bits per heavy atom. The smallest absolute Gasteiger partial charge is 0.387 e. The fourth-order valence-corrected chi connectivity index (χ4v) is 2.60. The third kappa shape index (κ3) is 6.00. The molecule has 0 saturated carbocycles. The van der Waals surface area contributed by atoms with E-state index in [4.69, 9.17) is 4.74 Å². The number of methoxy groups -OCH3 is 1. The number of benzene rings is 2. The van der Waals surface area contributed by atoms with E-state index in [2.05, 4.69) is 20.4 Å². The summed E-state index contributed by atoms with van der Waals surface area (Å²) < 4.78 is 34.9. The number of halogens is 2. The normalized spacial score (nSPS) is 11.4. The van der Waals surface area contributed by atoms with Gasteiger partial charge in [-0.3, -0.25) is 0 Å². The van der Waals surface area contributed by atoms with E-state index in [1.807, 2.05) is 13.8 Å². The molecule has 0 aliphatic carbocycles. The molecule has 0 aliphatic heterocycles. The lowest BCUT2D eigenvalue weighted by Crippen LogP contribution is -2.36. The summed E-state index contributed by atoms with van der Waals surface area (Å²) in [6.07, 6.45) is 0. The van der Waals surface area contributed by atoms with Crippen LogP contribution in [0.2, 0.25) is 0 Å². The first-order valence-electron chi connectivity index (χ1n) is 8.86.